The maximum Gasteiger partial charge on any atom is 0.305 e. The van der Waals surface area contributed by atoms with Crippen LogP contribution in [0.2, 0.25) is 0 Å². The van der Waals surface area contributed by atoms with Gasteiger partial charge >= 0.3 is 5.97 Å². The van der Waals surface area contributed by atoms with Crippen LogP contribution < -0.4 is 5.32 Å². The maximum atomic E-state index is 11.0. The lowest BCUT2D eigenvalue weighted by Gasteiger charge is -2.15. The molecule has 1 aromatic carbocycles. The highest BCUT2D eigenvalue weighted by molar-refractivity contribution is 5.75. The van der Waals surface area contributed by atoms with E-state index in [2.05, 4.69) is 5.32 Å². The van der Waals surface area contributed by atoms with E-state index in [4.69, 9.17) is 5.11 Å². The van der Waals surface area contributed by atoms with Crippen LogP contribution in [-0.2, 0) is 16.0 Å². The van der Waals surface area contributed by atoms with Gasteiger partial charge in [0, 0.05) is 13.0 Å². The molecule has 4 heteroatoms. The molecule has 0 saturated carbocycles. The van der Waals surface area contributed by atoms with Crippen molar-refractivity contribution in [2.45, 2.75) is 32.7 Å². The second-order valence-electron chi connectivity index (χ2n) is 4.19. The first kappa shape index (κ1) is 13.2. The first-order valence-corrected chi connectivity index (χ1v) is 5.52. The van der Waals surface area contributed by atoms with Crippen LogP contribution in [0.5, 0.6) is 0 Å². The lowest BCUT2D eigenvalue weighted by atomic mass is 10.0. The van der Waals surface area contributed by atoms with E-state index in [1.54, 1.807) is 0 Å². The summed E-state index contributed by atoms with van der Waals surface area (Å²) in [6, 6.07) is 7.49. The maximum absolute atomic E-state index is 11.0. The molecule has 2 N–H and O–H groups in total. The zero-order valence-electron chi connectivity index (χ0n) is 10.1. The molecule has 0 fully saturated rings. The van der Waals surface area contributed by atoms with Gasteiger partial charge in [-0.3, -0.25) is 9.59 Å². The summed E-state index contributed by atoms with van der Waals surface area (Å²) < 4.78 is 0. The summed E-state index contributed by atoms with van der Waals surface area (Å²) in [5.41, 5.74) is 2.18. The molecule has 0 saturated heterocycles. The summed E-state index contributed by atoms with van der Waals surface area (Å²) in [4.78, 5) is 21.7. The molecule has 0 heterocycles. The van der Waals surface area contributed by atoms with Gasteiger partial charge < -0.3 is 10.4 Å². The first-order valence-electron chi connectivity index (χ1n) is 5.52. The van der Waals surface area contributed by atoms with Crippen molar-refractivity contribution in [1.29, 1.82) is 0 Å². The third-order valence-electron chi connectivity index (χ3n) is 2.43. The topological polar surface area (TPSA) is 66.4 Å². The molecule has 1 atom stereocenters. The molecule has 0 radical (unpaired) electrons. The number of hydrogen-bond donors (Lipinski definition) is 2. The number of carbonyl (C=O) groups is 2. The molecule has 1 amide bonds. The van der Waals surface area contributed by atoms with E-state index in [1.165, 1.54) is 6.92 Å². The molecule has 0 aliphatic rings. The Bertz CT molecular complexity index is 382. The predicted molar refractivity (Wildman–Crippen MR) is 64.7 cm³/mol. The Kier molecular flexibility index (Phi) is 4.69. The van der Waals surface area contributed by atoms with Crippen molar-refractivity contribution in [1.82, 2.24) is 5.32 Å². The Hall–Kier alpha value is -1.84. The standard InChI is InChI=1S/C13H17NO3/c1-9-3-5-11(6-4-9)7-12(8-13(16)17)14-10(2)15/h3-6,12H,7-8H2,1-2H3,(H,14,15)(H,16,17)/t12-/m0/s1. The largest absolute Gasteiger partial charge is 0.481 e. The number of carbonyl (C=O) groups excluding carboxylic acids is 1. The van der Waals surface area contributed by atoms with Crippen molar-refractivity contribution in [2.75, 3.05) is 0 Å². The Morgan fingerprint density at radius 3 is 2.35 bits per heavy atom. The number of aliphatic carboxylic acids is 1. The molecule has 0 spiro atoms. The average molecular weight is 235 g/mol. The van der Waals surface area contributed by atoms with E-state index in [-0.39, 0.29) is 18.4 Å². The third-order valence-corrected chi connectivity index (χ3v) is 2.43. The molecule has 0 aliphatic heterocycles. The summed E-state index contributed by atoms with van der Waals surface area (Å²) in [5.74, 6) is -1.11. The van der Waals surface area contributed by atoms with Crippen molar-refractivity contribution >= 4 is 11.9 Å². The first-order chi connectivity index (χ1) is 7.97. The van der Waals surface area contributed by atoms with Crippen molar-refractivity contribution in [3.63, 3.8) is 0 Å². The van der Waals surface area contributed by atoms with E-state index >= 15 is 0 Å². The van der Waals surface area contributed by atoms with Gasteiger partial charge in [-0.2, -0.15) is 0 Å². The summed E-state index contributed by atoms with van der Waals surface area (Å²) in [6.07, 6.45) is 0.472. The van der Waals surface area contributed by atoms with E-state index in [0.717, 1.165) is 11.1 Å². The molecule has 0 aromatic heterocycles. The van der Waals surface area contributed by atoms with E-state index < -0.39 is 5.97 Å². The quantitative estimate of drug-likeness (QED) is 0.813. The fourth-order valence-electron chi connectivity index (χ4n) is 1.68. The average Bonchev–Trinajstić information content (AvgIpc) is 2.19. The smallest absolute Gasteiger partial charge is 0.305 e. The molecule has 1 aromatic rings. The third kappa shape index (κ3) is 5.15. The Labute approximate surface area is 101 Å². The van der Waals surface area contributed by atoms with Crippen LogP contribution >= 0.6 is 0 Å². The van der Waals surface area contributed by atoms with Crippen molar-refractivity contribution < 1.29 is 14.7 Å². The molecule has 0 aliphatic carbocycles. The van der Waals surface area contributed by atoms with Gasteiger partial charge in [-0.1, -0.05) is 29.8 Å². The number of benzene rings is 1. The fraction of sp³-hybridized carbons (Fsp3) is 0.385. The minimum atomic E-state index is -0.907. The van der Waals surface area contributed by atoms with Crippen LogP contribution in [0.25, 0.3) is 0 Å². The van der Waals surface area contributed by atoms with Crippen molar-refractivity contribution in [3.05, 3.63) is 35.4 Å². The number of rotatable bonds is 5. The number of carboxylic acid groups (broad SMARTS) is 1. The second-order valence-corrected chi connectivity index (χ2v) is 4.19. The highest BCUT2D eigenvalue weighted by atomic mass is 16.4. The fourth-order valence-corrected chi connectivity index (χ4v) is 1.68. The molecule has 1 rings (SSSR count). The summed E-state index contributed by atoms with van der Waals surface area (Å²) in [7, 11) is 0. The predicted octanol–water partition coefficient (Wildman–Crippen LogP) is 1.52. The van der Waals surface area contributed by atoms with Gasteiger partial charge in [-0.05, 0) is 18.9 Å². The zero-order chi connectivity index (χ0) is 12.8. The second kappa shape index (κ2) is 6.03. The summed E-state index contributed by atoms with van der Waals surface area (Å²) in [6.45, 7) is 3.39. The lowest BCUT2D eigenvalue weighted by molar-refractivity contribution is -0.137. The zero-order valence-corrected chi connectivity index (χ0v) is 10.1. The van der Waals surface area contributed by atoms with Gasteiger partial charge in [0.05, 0.1) is 6.42 Å². The molecule has 0 bridgehead atoms. The number of amides is 1. The number of nitrogens with one attached hydrogen (secondary N) is 1. The number of hydrogen-bond acceptors (Lipinski definition) is 2. The van der Waals surface area contributed by atoms with Gasteiger partial charge in [0.15, 0.2) is 0 Å². The Morgan fingerprint density at radius 2 is 1.88 bits per heavy atom. The minimum absolute atomic E-state index is 0.0620. The van der Waals surface area contributed by atoms with Gasteiger partial charge in [-0.25, -0.2) is 0 Å². The SMILES string of the molecule is CC(=O)N[C@H](CC(=O)O)Cc1ccc(C)cc1. The van der Waals surface area contributed by atoms with Crippen LogP contribution in [-0.4, -0.2) is 23.0 Å². The van der Waals surface area contributed by atoms with Crippen molar-refractivity contribution in [3.8, 4) is 0 Å². The van der Waals surface area contributed by atoms with Crippen LogP contribution in [0.1, 0.15) is 24.5 Å². The minimum Gasteiger partial charge on any atom is -0.481 e. The number of aryl methyl sites for hydroxylation is 1. The summed E-state index contributed by atoms with van der Waals surface area (Å²) >= 11 is 0. The highest BCUT2D eigenvalue weighted by Gasteiger charge is 2.14. The van der Waals surface area contributed by atoms with Gasteiger partial charge in [0.25, 0.3) is 0 Å². The van der Waals surface area contributed by atoms with Crippen LogP contribution in [0.3, 0.4) is 0 Å². The molecule has 0 unspecified atom stereocenters. The van der Waals surface area contributed by atoms with Crippen LogP contribution in [0.15, 0.2) is 24.3 Å². The number of carboxylic acids is 1. The molecule has 92 valence electrons. The molecular weight excluding hydrogens is 218 g/mol. The summed E-state index contributed by atoms with van der Waals surface area (Å²) in [5, 5.41) is 11.4. The normalized spacial score (nSPS) is 11.9. The van der Waals surface area contributed by atoms with Crippen LogP contribution in [0, 0.1) is 6.92 Å². The molecular formula is C13H17NO3. The van der Waals surface area contributed by atoms with Crippen LogP contribution in [0.4, 0.5) is 0 Å². The van der Waals surface area contributed by atoms with E-state index in [0.29, 0.717) is 6.42 Å². The molecule has 17 heavy (non-hydrogen) atoms. The Morgan fingerprint density at radius 1 is 1.29 bits per heavy atom. The molecule has 4 nitrogen and oxygen atoms in total. The van der Waals surface area contributed by atoms with Gasteiger partial charge in [0.1, 0.15) is 0 Å². The van der Waals surface area contributed by atoms with E-state index in [1.807, 2.05) is 31.2 Å². The van der Waals surface area contributed by atoms with Crippen molar-refractivity contribution in [2.24, 2.45) is 0 Å². The van der Waals surface area contributed by atoms with Gasteiger partial charge in [0.2, 0.25) is 5.91 Å². The monoisotopic (exact) mass is 235 g/mol. The Balaban J connectivity index is 2.67. The lowest BCUT2D eigenvalue weighted by Crippen LogP contribution is -2.36. The van der Waals surface area contributed by atoms with E-state index in [9.17, 15) is 9.59 Å². The van der Waals surface area contributed by atoms with Gasteiger partial charge in [-0.15, -0.1) is 0 Å². The highest BCUT2D eigenvalue weighted by Crippen LogP contribution is 2.08.